The maximum Gasteiger partial charge on any atom is 0.253 e. The molecule has 0 bridgehead atoms. The summed E-state index contributed by atoms with van der Waals surface area (Å²) < 4.78 is 0. The van der Waals surface area contributed by atoms with E-state index in [2.05, 4.69) is 16.8 Å². The fourth-order valence-electron chi connectivity index (χ4n) is 3.73. The van der Waals surface area contributed by atoms with E-state index in [-0.39, 0.29) is 31.0 Å². The number of aliphatic hydroxyl groups is 2. The number of hydrogen-bond donors (Lipinski definition) is 3. The van der Waals surface area contributed by atoms with Gasteiger partial charge in [-0.1, -0.05) is 13.0 Å². The second kappa shape index (κ2) is 7.99. The molecule has 0 radical (unpaired) electrons. The molecule has 3 N–H and O–H groups in total. The average molecular weight is 345 g/mol. The molecule has 1 aliphatic rings. The van der Waals surface area contributed by atoms with Crippen molar-refractivity contribution in [2.24, 2.45) is 11.8 Å². The largest absolute Gasteiger partial charge is 0.396 e. The molecule has 0 saturated carbocycles. The van der Waals surface area contributed by atoms with E-state index in [1.807, 2.05) is 35.4 Å². The minimum Gasteiger partial charge on any atom is -0.396 e. The molecule has 0 aliphatic carbocycles. The molecule has 1 aliphatic heterocycles. The average Bonchev–Trinajstić information content (AvgIpc) is 3.26. The van der Waals surface area contributed by atoms with E-state index in [1.54, 1.807) is 0 Å². The summed E-state index contributed by atoms with van der Waals surface area (Å²) in [6.07, 6.45) is 1.87. The topological polar surface area (TPSA) is 79.8 Å². The van der Waals surface area contributed by atoms with Crippen LogP contribution in [0.5, 0.6) is 0 Å². The Morgan fingerprint density at radius 3 is 2.80 bits per heavy atom. The smallest absolute Gasteiger partial charge is 0.253 e. The van der Waals surface area contributed by atoms with Gasteiger partial charge in [-0.3, -0.25) is 4.79 Å². The van der Waals surface area contributed by atoms with Crippen LogP contribution in [-0.4, -0.2) is 76.8 Å². The van der Waals surface area contributed by atoms with Gasteiger partial charge in [-0.15, -0.1) is 0 Å². The summed E-state index contributed by atoms with van der Waals surface area (Å²) in [5.74, 6) is 0.336. The molecule has 1 amide bonds. The van der Waals surface area contributed by atoms with Crippen molar-refractivity contribution < 1.29 is 15.0 Å². The normalized spacial score (nSPS) is 20.7. The van der Waals surface area contributed by atoms with Crippen molar-refractivity contribution in [1.29, 1.82) is 0 Å². The minimum atomic E-state index is 0.0163. The molecule has 1 aromatic heterocycles. The zero-order valence-corrected chi connectivity index (χ0v) is 14.7. The van der Waals surface area contributed by atoms with Gasteiger partial charge in [0.05, 0.1) is 6.61 Å². The van der Waals surface area contributed by atoms with Gasteiger partial charge in [-0.05, 0) is 36.0 Å². The van der Waals surface area contributed by atoms with E-state index in [0.29, 0.717) is 25.2 Å². The molecule has 25 heavy (non-hydrogen) atoms. The first-order valence-corrected chi connectivity index (χ1v) is 8.96. The van der Waals surface area contributed by atoms with Crippen LogP contribution in [0.1, 0.15) is 17.3 Å². The van der Waals surface area contributed by atoms with Crippen LogP contribution in [0, 0.1) is 11.8 Å². The summed E-state index contributed by atoms with van der Waals surface area (Å²) in [5, 5.41) is 20.0. The molecule has 3 rings (SSSR count). The molecular weight excluding hydrogens is 318 g/mol. The number of carbonyl (C=O) groups is 1. The van der Waals surface area contributed by atoms with Gasteiger partial charge in [-0.25, -0.2) is 0 Å². The SMILES string of the molecule is CCN(CCO)C[C@@H]1CN(C(=O)c2ccc3cc[nH]c3c2)C[C@@H]1CO. The fourth-order valence-corrected chi connectivity index (χ4v) is 3.73. The first-order valence-electron chi connectivity index (χ1n) is 8.96. The lowest BCUT2D eigenvalue weighted by Gasteiger charge is -2.25. The number of rotatable bonds is 7. The molecule has 1 saturated heterocycles. The highest BCUT2D eigenvalue weighted by Crippen LogP contribution is 2.26. The van der Waals surface area contributed by atoms with Crippen molar-refractivity contribution in [3.63, 3.8) is 0 Å². The van der Waals surface area contributed by atoms with E-state index in [1.165, 1.54) is 0 Å². The van der Waals surface area contributed by atoms with Gasteiger partial charge in [0.2, 0.25) is 0 Å². The number of H-pyrrole nitrogens is 1. The number of benzene rings is 1. The first-order chi connectivity index (χ1) is 12.2. The fraction of sp³-hybridized carbons (Fsp3) is 0.526. The molecule has 6 nitrogen and oxygen atoms in total. The van der Waals surface area contributed by atoms with Crippen molar-refractivity contribution in [2.45, 2.75) is 6.92 Å². The number of fused-ring (bicyclic) bond motifs is 1. The van der Waals surface area contributed by atoms with E-state index >= 15 is 0 Å². The van der Waals surface area contributed by atoms with Crippen molar-refractivity contribution in [3.05, 3.63) is 36.0 Å². The third-order valence-electron chi connectivity index (χ3n) is 5.26. The lowest BCUT2D eigenvalue weighted by molar-refractivity contribution is 0.0778. The molecular formula is C19H27N3O3. The number of hydrogen-bond acceptors (Lipinski definition) is 4. The number of aliphatic hydroxyl groups excluding tert-OH is 2. The predicted molar refractivity (Wildman–Crippen MR) is 97.5 cm³/mol. The van der Waals surface area contributed by atoms with Crippen LogP contribution in [0.25, 0.3) is 10.9 Å². The number of nitrogens with zero attached hydrogens (tertiary/aromatic N) is 2. The number of carbonyl (C=O) groups excluding carboxylic acids is 1. The van der Waals surface area contributed by atoms with Crippen LogP contribution < -0.4 is 0 Å². The Kier molecular flexibility index (Phi) is 5.73. The van der Waals surface area contributed by atoms with Crippen LogP contribution in [0.3, 0.4) is 0 Å². The summed E-state index contributed by atoms with van der Waals surface area (Å²) >= 11 is 0. The predicted octanol–water partition coefficient (Wildman–Crippen LogP) is 1.16. The highest BCUT2D eigenvalue weighted by atomic mass is 16.3. The molecule has 0 unspecified atom stereocenters. The van der Waals surface area contributed by atoms with Gasteiger partial charge >= 0.3 is 0 Å². The Hall–Kier alpha value is -1.89. The van der Waals surface area contributed by atoms with Gasteiger partial charge in [0.1, 0.15) is 0 Å². The van der Waals surface area contributed by atoms with E-state index in [9.17, 15) is 9.90 Å². The second-order valence-corrected chi connectivity index (χ2v) is 6.81. The second-order valence-electron chi connectivity index (χ2n) is 6.81. The zero-order valence-electron chi connectivity index (χ0n) is 14.7. The number of likely N-dealkylation sites (N-methyl/N-ethyl adjacent to an activating group) is 1. The van der Waals surface area contributed by atoms with Crippen molar-refractivity contribution in [3.8, 4) is 0 Å². The quantitative estimate of drug-likeness (QED) is 0.704. The third kappa shape index (κ3) is 3.86. The number of likely N-dealkylation sites (tertiary alicyclic amines) is 1. The third-order valence-corrected chi connectivity index (χ3v) is 5.26. The highest BCUT2D eigenvalue weighted by Gasteiger charge is 2.35. The Morgan fingerprint density at radius 2 is 2.08 bits per heavy atom. The Balaban J connectivity index is 1.70. The Labute approximate surface area is 148 Å². The Morgan fingerprint density at radius 1 is 1.28 bits per heavy atom. The minimum absolute atomic E-state index is 0.0163. The number of nitrogens with one attached hydrogen (secondary N) is 1. The van der Waals surface area contributed by atoms with Crippen LogP contribution in [-0.2, 0) is 0 Å². The standard InChI is InChI=1S/C19H27N3O3/c1-2-21(7-8-23)10-16-11-22(12-17(16)13-24)19(25)15-4-3-14-5-6-20-18(14)9-15/h3-6,9,16-17,20,23-24H,2,7-8,10-13H2,1H3/t16-,17-/m1/s1. The number of aromatic nitrogens is 1. The zero-order chi connectivity index (χ0) is 17.8. The van der Waals surface area contributed by atoms with Crippen molar-refractivity contribution >= 4 is 16.8 Å². The maximum atomic E-state index is 12.9. The molecule has 1 aromatic carbocycles. The highest BCUT2D eigenvalue weighted by molar-refractivity contribution is 5.98. The van der Waals surface area contributed by atoms with Crippen LogP contribution in [0.2, 0.25) is 0 Å². The van der Waals surface area contributed by atoms with Crippen LogP contribution in [0.4, 0.5) is 0 Å². The lowest BCUT2D eigenvalue weighted by Crippen LogP contribution is -2.36. The van der Waals surface area contributed by atoms with Gasteiger partial charge < -0.3 is 25.0 Å². The monoisotopic (exact) mass is 345 g/mol. The molecule has 2 aromatic rings. The summed E-state index contributed by atoms with van der Waals surface area (Å²) in [4.78, 5) is 20.0. The maximum absolute atomic E-state index is 12.9. The summed E-state index contributed by atoms with van der Waals surface area (Å²) in [6, 6.07) is 7.70. The van der Waals surface area contributed by atoms with Crippen LogP contribution >= 0.6 is 0 Å². The molecule has 1 fully saturated rings. The van der Waals surface area contributed by atoms with E-state index in [4.69, 9.17) is 5.11 Å². The Bertz CT molecular complexity index is 715. The van der Waals surface area contributed by atoms with Gasteiger partial charge in [0, 0.05) is 56.0 Å². The van der Waals surface area contributed by atoms with Crippen molar-refractivity contribution in [2.75, 3.05) is 45.9 Å². The summed E-state index contributed by atoms with van der Waals surface area (Å²) in [5.41, 5.74) is 1.63. The van der Waals surface area contributed by atoms with E-state index in [0.717, 1.165) is 24.0 Å². The van der Waals surface area contributed by atoms with Crippen LogP contribution in [0.15, 0.2) is 30.5 Å². The molecule has 136 valence electrons. The van der Waals surface area contributed by atoms with Gasteiger partial charge in [0.25, 0.3) is 5.91 Å². The number of amides is 1. The first kappa shape index (κ1) is 17.9. The molecule has 0 spiro atoms. The molecule has 2 atom stereocenters. The van der Waals surface area contributed by atoms with Gasteiger partial charge in [0.15, 0.2) is 0 Å². The summed E-state index contributed by atoms with van der Waals surface area (Å²) in [7, 11) is 0. The van der Waals surface area contributed by atoms with E-state index < -0.39 is 0 Å². The number of aromatic amines is 1. The lowest BCUT2D eigenvalue weighted by atomic mass is 9.96. The molecule has 6 heteroatoms. The summed E-state index contributed by atoms with van der Waals surface area (Å²) in [6.45, 7) is 5.78. The molecule has 2 heterocycles. The van der Waals surface area contributed by atoms with Gasteiger partial charge in [-0.2, -0.15) is 0 Å². The van der Waals surface area contributed by atoms with Crippen molar-refractivity contribution in [1.82, 2.24) is 14.8 Å².